The van der Waals surface area contributed by atoms with Gasteiger partial charge in [0.1, 0.15) is 5.82 Å². The maximum absolute atomic E-state index is 13.5. The fourth-order valence-electron chi connectivity index (χ4n) is 3.24. The van der Waals surface area contributed by atoms with Gasteiger partial charge < -0.3 is 9.52 Å². The molecule has 0 aliphatic carbocycles. The third-order valence-corrected chi connectivity index (χ3v) is 5.30. The zero-order chi connectivity index (χ0) is 20.7. The summed E-state index contributed by atoms with van der Waals surface area (Å²) in [6.07, 6.45) is 1.31. The maximum Gasteiger partial charge on any atom is 0.294 e. The van der Waals surface area contributed by atoms with E-state index in [1.807, 2.05) is 0 Å². The summed E-state index contributed by atoms with van der Waals surface area (Å²) in [5.41, 5.74) is 0.555. The highest BCUT2D eigenvalue weighted by atomic mass is 35.5. The average molecular weight is 432 g/mol. The number of aliphatic hydroxyl groups is 1. The van der Waals surface area contributed by atoms with Crippen LogP contribution in [0.15, 0.2) is 76.6 Å². The van der Waals surface area contributed by atoms with Crippen LogP contribution in [0.25, 0.3) is 0 Å². The number of ketones is 1. The minimum absolute atomic E-state index is 0.0394. The topological polar surface area (TPSA) is 70.8 Å². The lowest BCUT2D eigenvalue weighted by Gasteiger charge is -2.27. The first-order chi connectivity index (χ1) is 13.9. The van der Waals surface area contributed by atoms with Gasteiger partial charge in [-0.3, -0.25) is 14.5 Å². The predicted molar refractivity (Wildman–Crippen MR) is 106 cm³/mol. The van der Waals surface area contributed by atoms with Gasteiger partial charge in [0.05, 0.1) is 27.9 Å². The van der Waals surface area contributed by atoms with Gasteiger partial charge in [-0.25, -0.2) is 4.39 Å². The maximum atomic E-state index is 13.5. The summed E-state index contributed by atoms with van der Waals surface area (Å²) in [7, 11) is 0. The molecule has 1 aromatic heterocycles. The number of carbonyl (C=O) groups excluding carboxylic acids is 2. The monoisotopic (exact) mass is 431 g/mol. The van der Waals surface area contributed by atoms with Gasteiger partial charge in [-0.2, -0.15) is 0 Å². The third-order valence-electron chi connectivity index (χ3n) is 4.56. The van der Waals surface area contributed by atoms with Gasteiger partial charge in [0.15, 0.2) is 11.5 Å². The molecule has 1 amide bonds. The quantitative estimate of drug-likeness (QED) is 0.552. The van der Waals surface area contributed by atoms with Gasteiger partial charge >= 0.3 is 0 Å². The van der Waals surface area contributed by atoms with E-state index in [9.17, 15) is 19.1 Å². The molecule has 0 spiro atoms. The number of nitrogens with zero attached hydrogens (tertiary/aromatic N) is 1. The van der Waals surface area contributed by atoms with Crippen LogP contribution in [0.3, 0.4) is 0 Å². The Balaban J connectivity index is 1.89. The van der Waals surface area contributed by atoms with Crippen LogP contribution in [0.5, 0.6) is 0 Å². The highest BCUT2D eigenvalue weighted by Gasteiger charge is 2.45. The molecular formula is C21H12Cl2FNO4. The standard InChI is InChI=1S/C21H12Cl2FNO4/c22-14-8-7-13(10-15(14)23)25-18(11-3-5-12(24)6-4-11)17(20(27)21(25)28)19(26)16-2-1-9-29-16/h1-10,18,27H. The molecule has 2 heterocycles. The van der Waals surface area contributed by atoms with Crippen LogP contribution in [0, 0.1) is 5.82 Å². The first-order valence-corrected chi connectivity index (χ1v) is 9.19. The van der Waals surface area contributed by atoms with E-state index in [4.69, 9.17) is 27.6 Å². The van der Waals surface area contributed by atoms with E-state index in [0.29, 0.717) is 11.3 Å². The summed E-state index contributed by atoms with van der Waals surface area (Å²) in [5, 5.41) is 11.0. The van der Waals surface area contributed by atoms with Crippen molar-refractivity contribution < 1.29 is 23.5 Å². The smallest absolute Gasteiger partial charge is 0.294 e. The van der Waals surface area contributed by atoms with Crippen molar-refractivity contribution in [1.82, 2.24) is 0 Å². The van der Waals surface area contributed by atoms with E-state index in [-0.39, 0.29) is 21.4 Å². The Hall–Kier alpha value is -3.09. The van der Waals surface area contributed by atoms with Gasteiger partial charge in [-0.05, 0) is 48.0 Å². The number of hydrogen-bond acceptors (Lipinski definition) is 4. The van der Waals surface area contributed by atoms with Crippen LogP contribution >= 0.6 is 23.2 Å². The second kappa shape index (κ2) is 7.39. The predicted octanol–water partition coefficient (Wildman–Crippen LogP) is 5.51. The molecular weight excluding hydrogens is 420 g/mol. The van der Waals surface area contributed by atoms with Gasteiger partial charge in [0.25, 0.3) is 5.91 Å². The average Bonchev–Trinajstić information content (AvgIpc) is 3.32. The molecule has 0 radical (unpaired) electrons. The normalized spacial score (nSPS) is 16.6. The van der Waals surface area contributed by atoms with E-state index in [2.05, 4.69) is 0 Å². The van der Waals surface area contributed by atoms with Crippen molar-refractivity contribution in [2.75, 3.05) is 4.90 Å². The number of halogens is 3. The second-order valence-electron chi connectivity index (χ2n) is 6.30. The van der Waals surface area contributed by atoms with Crippen LogP contribution in [0.4, 0.5) is 10.1 Å². The molecule has 1 aliphatic rings. The van der Waals surface area contributed by atoms with Crippen LogP contribution in [0.2, 0.25) is 10.0 Å². The van der Waals surface area contributed by atoms with E-state index < -0.39 is 29.3 Å². The van der Waals surface area contributed by atoms with Crippen molar-refractivity contribution in [1.29, 1.82) is 0 Å². The van der Waals surface area contributed by atoms with Gasteiger partial charge in [0.2, 0.25) is 5.78 Å². The first-order valence-electron chi connectivity index (χ1n) is 8.44. The number of furan rings is 1. The van der Waals surface area contributed by atoms with E-state index in [1.54, 1.807) is 0 Å². The minimum Gasteiger partial charge on any atom is -0.503 e. The molecule has 3 aromatic rings. The fraction of sp³-hybridized carbons (Fsp3) is 0.0476. The minimum atomic E-state index is -1.02. The molecule has 1 atom stereocenters. The van der Waals surface area contributed by atoms with Crippen LogP contribution < -0.4 is 4.90 Å². The van der Waals surface area contributed by atoms with E-state index in [0.717, 1.165) is 0 Å². The Morgan fingerprint density at radius 2 is 1.79 bits per heavy atom. The summed E-state index contributed by atoms with van der Waals surface area (Å²) in [5.74, 6) is -2.69. The van der Waals surface area contributed by atoms with Crippen LogP contribution in [-0.2, 0) is 4.79 Å². The Kier molecular flexibility index (Phi) is 4.90. The van der Waals surface area contributed by atoms with Crippen molar-refractivity contribution in [3.05, 3.63) is 99.4 Å². The lowest BCUT2D eigenvalue weighted by Crippen LogP contribution is -2.31. The van der Waals surface area contributed by atoms with Crippen molar-refractivity contribution in [2.45, 2.75) is 6.04 Å². The highest BCUT2D eigenvalue weighted by Crippen LogP contribution is 2.43. The Morgan fingerprint density at radius 3 is 2.41 bits per heavy atom. The molecule has 0 saturated heterocycles. The van der Waals surface area contributed by atoms with Crippen molar-refractivity contribution in [2.24, 2.45) is 0 Å². The van der Waals surface area contributed by atoms with Gasteiger partial charge in [0, 0.05) is 5.69 Å². The van der Waals surface area contributed by atoms with Gasteiger partial charge in [-0.15, -0.1) is 0 Å². The number of anilines is 1. The first kappa shape index (κ1) is 19.2. The molecule has 5 nitrogen and oxygen atoms in total. The second-order valence-corrected chi connectivity index (χ2v) is 7.11. The van der Waals surface area contributed by atoms with Crippen molar-refractivity contribution >= 4 is 40.6 Å². The lowest BCUT2D eigenvalue weighted by atomic mass is 9.95. The SMILES string of the molecule is O=C(C1=C(O)C(=O)N(c2ccc(Cl)c(Cl)c2)C1c1ccc(F)cc1)c1ccco1. The Bertz CT molecular complexity index is 1140. The summed E-state index contributed by atoms with van der Waals surface area (Å²) >= 11 is 12.1. The molecule has 0 fully saturated rings. The molecule has 1 unspecified atom stereocenters. The summed E-state index contributed by atoms with van der Waals surface area (Å²) in [4.78, 5) is 27.1. The molecule has 1 aliphatic heterocycles. The van der Waals surface area contributed by atoms with E-state index >= 15 is 0 Å². The molecule has 146 valence electrons. The van der Waals surface area contributed by atoms with Gasteiger partial charge in [-0.1, -0.05) is 35.3 Å². The zero-order valence-corrected chi connectivity index (χ0v) is 16.1. The number of benzene rings is 2. The lowest BCUT2D eigenvalue weighted by molar-refractivity contribution is -0.117. The molecule has 29 heavy (non-hydrogen) atoms. The molecule has 4 rings (SSSR count). The van der Waals surface area contributed by atoms with Crippen LogP contribution in [0.1, 0.15) is 22.2 Å². The zero-order valence-electron chi connectivity index (χ0n) is 14.6. The number of rotatable bonds is 4. The molecule has 8 heteroatoms. The highest BCUT2D eigenvalue weighted by molar-refractivity contribution is 6.42. The Morgan fingerprint density at radius 1 is 1.07 bits per heavy atom. The molecule has 0 saturated carbocycles. The summed E-state index contributed by atoms with van der Waals surface area (Å²) < 4.78 is 18.6. The summed E-state index contributed by atoms with van der Waals surface area (Å²) in [6, 6.07) is 11.7. The largest absolute Gasteiger partial charge is 0.503 e. The third kappa shape index (κ3) is 3.30. The summed E-state index contributed by atoms with van der Waals surface area (Å²) in [6.45, 7) is 0. The molecule has 1 N–H and O–H groups in total. The number of Topliss-reactive ketones (excluding diaryl/α,β-unsaturated/α-hetero) is 1. The molecule has 2 aromatic carbocycles. The number of aliphatic hydroxyl groups excluding tert-OH is 1. The fourth-order valence-corrected chi connectivity index (χ4v) is 3.53. The number of carbonyl (C=O) groups is 2. The van der Waals surface area contributed by atoms with Crippen molar-refractivity contribution in [3.8, 4) is 0 Å². The van der Waals surface area contributed by atoms with E-state index in [1.165, 1.54) is 65.8 Å². The van der Waals surface area contributed by atoms with Crippen LogP contribution in [-0.4, -0.2) is 16.8 Å². The number of amides is 1. The Labute approximate surface area is 174 Å². The molecule has 0 bridgehead atoms. The number of hydrogen-bond donors (Lipinski definition) is 1. The van der Waals surface area contributed by atoms with Crippen molar-refractivity contribution in [3.63, 3.8) is 0 Å².